The van der Waals surface area contributed by atoms with Crippen LogP contribution in [0.15, 0.2) is 59.2 Å². The maximum absolute atomic E-state index is 12.5. The van der Waals surface area contributed by atoms with E-state index in [1.54, 1.807) is 12.3 Å². The Labute approximate surface area is 178 Å². The van der Waals surface area contributed by atoms with Crippen molar-refractivity contribution < 1.29 is 13.9 Å². The molecule has 1 amide bonds. The van der Waals surface area contributed by atoms with Crippen molar-refractivity contribution in [1.82, 2.24) is 10.2 Å². The predicted octanol–water partition coefficient (Wildman–Crippen LogP) is 5.70. The molecule has 6 nitrogen and oxygen atoms in total. The fourth-order valence-electron chi connectivity index (χ4n) is 3.24. The Kier molecular flexibility index (Phi) is 5.63. The molecule has 4 aromatic rings. The van der Waals surface area contributed by atoms with Gasteiger partial charge in [0, 0.05) is 28.7 Å². The summed E-state index contributed by atoms with van der Waals surface area (Å²) in [6, 6.07) is 13.9. The van der Waals surface area contributed by atoms with E-state index in [0.29, 0.717) is 17.5 Å². The van der Waals surface area contributed by atoms with Crippen LogP contribution in [0.2, 0.25) is 0 Å². The molecule has 0 bridgehead atoms. The van der Waals surface area contributed by atoms with Crippen LogP contribution in [-0.4, -0.2) is 22.7 Å². The zero-order chi connectivity index (χ0) is 21.1. The number of allylic oxidation sites excluding steroid dienone is 1. The van der Waals surface area contributed by atoms with E-state index in [2.05, 4.69) is 15.5 Å². The molecule has 4 rings (SSSR count). The number of nitrogens with one attached hydrogen (secondary N) is 1. The van der Waals surface area contributed by atoms with Gasteiger partial charge in [-0.15, -0.1) is 10.2 Å². The molecular formula is C23H21N3O3S. The number of hydrogen-bond donors (Lipinski definition) is 1. The average molecular weight is 420 g/mol. The Bertz CT molecular complexity index is 1230. The predicted molar refractivity (Wildman–Crippen MR) is 120 cm³/mol. The van der Waals surface area contributed by atoms with Gasteiger partial charge in [-0.1, -0.05) is 41.7 Å². The van der Waals surface area contributed by atoms with Gasteiger partial charge in [-0.25, -0.2) is 0 Å². The fraction of sp³-hybridized carbons (Fsp3) is 0.174. The molecule has 0 aliphatic rings. The monoisotopic (exact) mass is 419 g/mol. The number of nitrogens with zero attached hydrogens (tertiary/aromatic N) is 2. The minimum absolute atomic E-state index is 0.262. The van der Waals surface area contributed by atoms with Gasteiger partial charge < -0.3 is 9.15 Å². The summed E-state index contributed by atoms with van der Waals surface area (Å²) in [4.78, 5) is 12.5. The molecule has 2 aromatic heterocycles. The lowest BCUT2D eigenvalue weighted by atomic mass is 9.99. The summed E-state index contributed by atoms with van der Waals surface area (Å²) >= 11 is 1.33. The maximum atomic E-state index is 12.5. The SMILES string of the molecule is CCOc1cc2occ(-c3ccccc3)c2cc1/C(C)=C/C(=O)Nc1nnc(C)s1. The highest BCUT2D eigenvalue weighted by Crippen LogP contribution is 2.37. The number of hydrogen-bond acceptors (Lipinski definition) is 6. The van der Waals surface area contributed by atoms with Gasteiger partial charge in [0.1, 0.15) is 16.3 Å². The molecule has 0 aliphatic heterocycles. The molecule has 7 heteroatoms. The zero-order valence-electron chi connectivity index (χ0n) is 16.9. The Morgan fingerprint density at radius 2 is 2.03 bits per heavy atom. The third-order valence-corrected chi connectivity index (χ3v) is 5.34. The lowest BCUT2D eigenvalue weighted by molar-refractivity contribution is -0.111. The first-order chi connectivity index (χ1) is 14.5. The first-order valence-electron chi connectivity index (χ1n) is 9.58. The van der Waals surface area contributed by atoms with Gasteiger partial charge in [-0.2, -0.15) is 0 Å². The molecule has 0 spiro atoms. The number of carbonyl (C=O) groups is 1. The van der Waals surface area contributed by atoms with E-state index < -0.39 is 0 Å². The van der Waals surface area contributed by atoms with Gasteiger partial charge in [-0.05, 0) is 38.0 Å². The molecule has 0 saturated heterocycles. The Morgan fingerprint density at radius 3 is 2.73 bits per heavy atom. The van der Waals surface area contributed by atoms with E-state index in [9.17, 15) is 4.79 Å². The van der Waals surface area contributed by atoms with Crippen LogP contribution in [-0.2, 0) is 4.79 Å². The van der Waals surface area contributed by atoms with E-state index in [1.807, 2.05) is 63.2 Å². The number of fused-ring (bicyclic) bond motifs is 1. The second-order valence-electron chi connectivity index (χ2n) is 6.74. The number of aryl methyl sites for hydroxylation is 1. The number of carbonyl (C=O) groups excluding carboxylic acids is 1. The van der Waals surface area contributed by atoms with Gasteiger partial charge in [0.25, 0.3) is 0 Å². The Balaban J connectivity index is 1.73. The number of benzene rings is 2. The van der Waals surface area contributed by atoms with E-state index in [0.717, 1.165) is 38.2 Å². The van der Waals surface area contributed by atoms with Crippen LogP contribution >= 0.6 is 11.3 Å². The first kappa shape index (κ1) is 19.8. The second-order valence-corrected chi connectivity index (χ2v) is 7.92. The van der Waals surface area contributed by atoms with Crippen molar-refractivity contribution in [3.8, 4) is 16.9 Å². The third kappa shape index (κ3) is 4.11. The van der Waals surface area contributed by atoms with Crippen LogP contribution in [0.3, 0.4) is 0 Å². The summed E-state index contributed by atoms with van der Waals surface area (Å²) in [7, 11) is 0. The molecule has 1 N–H and O–H groups in total. The second kappa shape index (κ2) is 8.51. The maximum Gasteiger partial charge on any atom is 0.250 e. The highest BCUT2D eigenvalue weighted by atomic mass is 32.1. The quantitative estimate of drug-likeness (QED) is 0.406. The lowest BCUT2D eigenvalue weighted by Gasteiger charge is -2.11. The topological polar surface area (TPSA) is 77.2 Å². The minimum Gasteiger partial charge on any atom is -0.493 e. The normalized spacial score (nSPS) is 11.6. The summed E-state index contributed by atoms with van der Waals surface area (Å²) in [6.07, 6.45) is 3.30. The Morgan fingerprint density at radius 1 is 1.23 bits per heavy atom. The van der Waals surface area contributed by atoms with Crippen LogP contribution in [0.4, 0.5) is 5.13 Å². The molecule has 0 unspecified atom stereocenters. The van der Waals surface area contributed by atoms with Crippen molar-refractivity contribution in [2.75, 3.05) is 11.9 Å². The lowest BCUT2D eigenvalue weighted by Crippen LogP contribution is -2.08. The van der Waals surface area contributed by atoms with E-state index >= 15 is 0 Å². The first-order valence-corrected chi connectivity index (χ1v) is 10.4. The van der Waals surface area contributed by atoms with E-state index in [-0.39, 0.29) is 5.91 Å². The molecule has 30 heavy (non-hydrogen) atoms. The fourth-order valence-corrected chi connectivity index (χ4v) is 3.84. The average Bonchev–Trinajstić information content (AvgIpc) is 3.33. The van der Waals surface area contributed by atoms with Crippen LogP contribution in [0.5, 0.6) is 5.75 Å². The molecule has 0 aliphatic carbocycles. The smallest absolute Gasteiger partial charge is 0.250 e. The molecule has 0 radical (unpaired) electrons. The molecule has 152 valence electrons. The van der Waals surface area contributed by atoms with Crippen LogP contribution in [0, 0.1) is 6.92 Å². The molecule has 2 heterocycles. The molecule has 2 aromatic carbocycles. The van der Waals surface area contributed by atoms with Crippen LogP contribution in [0.1, 0.15) is 24.4 Å². The zero-order valence-corrected chi connectivity index (χ0v) is 17.7. The standard InChI is InChI=1S/C23H21N3O3S/c1-4-28-20-12-21-18(19(13-29-21)16-8-6-5-7-9-16)11-17(20)14(2)10-22(27)24-23-26-25-15(3)30-23/h5-13H,4H2,1-3H3,(H,24,26,27)/b14-10+. The van der Waals surface area contributed by atoms with Crippen molar-refractivity contribution in [2.45, 2.75) is 20.8 Å². The number of rotatable bonds is 6. The van der Waals surface area contributed by atoms with Crippen LogP contribution < -0.4 is 10.1 Å². The summed E-state index contributed by atoms with van der Waals surface area (Å²) in [5, 5.41) is 12.8. The number of aromatic nitrogens is 2. The molecule has 0 atom stereocenters. The molecule has 0 fully saturated rings. The van der Waals surface area contributed by atoms with Gasteiger partial charge in [0.2, 0.25) is 11.0 Å². The van der Waals surface area contributed by atoms with E-state index in [1.165, 1.54) is 11.3 Å². The highest BCUT2D eigenvalue weighted by molar-refractivity contribution is 7.15. The number of furan rings is 1. The summed E-state index contributed by atoms with van der Waals surface area (Å²) in [5.41, 5.74) is 4.42. The molecule has 0 saturated carbocycles. The van der Waals surface area contributed by atoms with E-state index in [4.69, 9.17) is 9.15 Å². The summed E-state index contributed by atoms with van der Waals surface area (Å²) in [5.74, 6) is 0.411. The number of ether oxygens (including phenoxy) is 1. The summed E-state index contributed by atoms with van der Waals surface area (Å²) in [6.45, 7) is 6.16. The van der Waals surface area contributed by atoms with Crippen molar-refractivity contribution in [2.24, 2.45) is 0 Å². The third-order valence-electron chi connectivity index (χ3n) is 4.59. The van der Waals surface area contributed by atoms with Gasteiger partial charge in [0.05, 0.1) is 12.9 Å². The highest BCUT2D eigenvalue weighted by Gasteiger charge is 2.15. The van der Waals surface area contributed by atoms with Gasteiger partial charge in [0.15, 0.2) is 0 Å². The summed E-state index contributed by atoms with van der Waals surface area (Å²) < 4.78 is 11.6. The molecular weight excluding hydrogens is 398 g/mol. The number of anilines is 1. The largest absolute Gasteiger partial charge is 0.493 e. The van der Waals surface area contributed by atoms with Gasteiger partial charge >= 0.3 is 0 Å². The number of amides is 1. The Hall–Kier alpha value is -3.45. The van der Waals surface area contributed by atoms with Crippen LogP contribution in [0.25, 0.3) is 27.7 Å². The minimum atomic E-state index is -0.262. The van der Waals surface area contributed by atoms with Crippen molar-refractivity contribution >= 4 is 38.9 Å². The van der Waals surface area contributed by atoms with Crippen molar-refractivity contribution in [1.29, 1.82) is 0 Å². The van der Waals surface area contributed by atoms with Gasteiger partial charge in [-0.3, -0.25) is 10.1 Å². The van der Waals surface area contributed by atoms with Crippen molar-refractivity contribution in [3.63, 3.8) is 0 Å². The van der Waals surface area contributed by atoms with Crippen molar-refractivity contribution in [3.05, 3.63) is 65.4 Å².